The monoisotopic (exact) mass is 420 g/mol. The minimum Gasteiger partial charge on any atom is -0.494 e. The first-order valence-electron chi connectivity index (χ1n) is 9.18. The summed E-state index contributed by atoms with van der Waals surface area (Å²) in [6.07, 6.45) is 2.90. The van der Waals surface area contributed by atoms with Gasteiger partial charge < -0.3 is 9.67 Å². The molecule has 0 spiro atoms. The molecule has 0 aliphatic carbocycles. The van der Waals surface area contributed by atoms with Gasteiger partial charge in [0.25, 0.3) is 5.91 Å². The normalized spacial score (nSPS) is 12.5. The van der Waals surface area contributed by atoms with Gasteiger partial charge in [-0.2, -0.15) is 10.5 Å². The molecule has 4 heterocycles. The molecule has 6 nitrogen and oxygen atoms in total. The summed E-state index contributed by atoms with van der Waals surface area (Å²) in [6, 6.07) is 11.2. The molecule has 3 aromatic rings. The zero-order valence-corrected chi connectivity index (χ0v) is 17.2. The lowest BCUT2D eigenvalue weighted by Crippen LogP contribution is -2.03. The summed E-state index contributed by atoms with van der Waals surface area (Å²) in [4.78, 5) is 19.5. The van der Waals surface area contributed by atoms with Crippen LogP contribution in [0.15, 0.2) is 29.3 Å². The number of rotatable bonds is 6. The van der Waals surface area contributed by atoms with Gasteiger partial charge in [0, 0.05) is 6.54 Å². The molecule has 0 bridgehead atoms. The number of aromatic hydroxyl groups is 1. The van der Waals surface area contributed by atoms with E-state index >= 15 is 0 Å². The molecule has 3 aromatic heterocycles. The van der Waals surface area contributed by atoms with Crippen LogP contribution in [0.1, 0.15) is 56.7 Å². The molecule has 144 valence electrons. The third kappa shape index (κ3) is 3.17. The van der Waals surface area contributed by atoms with Gasteiger partial charge in [-0.15, -0.1) is 22.7 Å². The van der Waals surface area contributed by atoms with E-state index in [2.05, 4.69) is 24.1 Å². The number of unbranched alkanes of at least 4 members (excludes halogenated alkanes) is 2. The lowest BCUT2D eigenvalue weighted by molar-refractivity contribution is 0.101. The summed E-state index contributed by atoms with van der Waals surface area (Å²) in [6.45, 7) is 2.67. The number of carbonyl (C=O) groups excluding carboxylic acids is 1. The van der Waals surface area contributed by atoms with Crippen molar-refractivity contribution in [3.8, 4) is 28.6 Å². The van der Waals surface area contributed by atoms with Crippen LogP contribution in [-0.4, -0.2) is 21.3 Å². The average molecular weight is 421 g/mol. The van der Waals surface area contributed by atoms with E-state index in [1.54, 1.807) is 28.8 Å². The highest BCUT2D eigenvalue weighted by Gasteiger charge is 2.37. The minimum atomic E-state index is -0.409. The molecule has 29 heavy (non-hydrogen) atoms. The maximum Gasteiger partial charge on any atom is 0.280 e. The van der Waals surface area contributed by atoms with Crippen molar-refractivity contribution in [3.05, 3.63) is 50.0 Å². The number of aromatic nitrogens is 1. The Hall–Kier alpha value is -3.20. The quantitative estimate of drug-likeness (QED) is 0.572. The summed E-state index contributed by atoms with van der Waals surface area (Å²) in [5.74, 6) is -0.400. The number of hydrogen-bond donors (Lipinski definition) is 1. The summed E-state index contributed by atoms with van der Waals surface area (Å²) in [5, 5.41) is 29.4. The highest BCUT2D eigenvalue weighted by Crippen LogP contribution is 2.43. The topological polar surface area (TPSA) is 102 Å². The molecule has 1 N–H and O–H groups in total. The zero-order valence-electron chi connectivity index (χ0n) is 15.6. The molecule has 0 saturated heterocycles. The van der Waals surface area contributed by atoms with Crippen molar-refractivity contribution in [2.75, 3.05) is 0 Å². The van der Waals surface area contributed by atoms with Crippen molar-refractivity contribution < 1.29 is 9.90 Å². The van der Waals surface area contributed by atoms with Crippen LogP contribution in [0.5, 0.6) is 5.88 Å². The molecular formula is C21H16N4O2S2. The van der Waals surface area contributed by atoms with E-state index in [0.29, 0.717) is 43.7 Å². The third-order valence-electron chi connectivity index (χ3n) is 4.78. The molecule has 1 aliphatic rings. The van der Waals surface area contributed by atoms with Gasteiger partial charge in [0.2, 0.25) is 5.88 Å². The van der Waals surface area contributed by atoms with Crippen LogP contribution in [0.25, 0.3) is 10.6 Å². The number of aliphatic imine (C=N–C) groups is 1. The van der Waals surface area contributed by atoms with E-state index in [1.165, 1.54) is 22.7 Å². The Labute approximate surface area is 175 Å². The Balaban J connectivity index is 1.90. The number of fused-ring (bicyclic) bond motifs is 1. The lowest BCUT2D eigenvalue weighted by Gasteiger charge is -2.10. The van der Waals surface area contributed by atoms with Crippen LogP contribution in [0.2, 0.25) is 0 Å². The number of amides is 1. The van der Waals surface area contributed by atoms with Gasteiger partial charge in [-0.3, -0.25) is 4.79 Å². The maximum absolute atomic E-state index is 12.9. The summed E-state index contributed by atoms with van der Waals surface area (Å²) in [7, 11) is 0. The van der Waals surface area contributed by atoms with E-state index < -0.39 is 5.91 Å². The van der Waals surface area contributed by atoms with Gasteiger partial charge in [-0.25, -0.2) is 4.99 Å². The first kappa shape index (κ1) is 19.1. The highest BCUT2D eigenvalue weighted by atomic mass is 32.1. The second kappa shape index (κ2) is 7.67. The van der Waals surface area contributed by atoms with E-state index in [4.69, 9.17) is 5.26 Å². The predicted octanol–water partition coefficient (Wildman–Crippen LogP) is 4.91. The molecule has 0 atom stereocenters. The number of nitriles is 2. The summed E-state index contributed by atoms with van der Waals surface area (Å²) >= 11 is 2.53. The number of hydrogen-bond acceptors (Lipinski definition) is 6. The van der Waals surface area contributed by atoms with Gasteiger partial charge in [-0.1, -0.05) is 19.8 Å². The van der Waals surface area contributed by atoms with Crippen LogP contribution in [-0.2, 0) is 6.54 Å². The van der Waals surface area contributed by atoms with Gasteiger partial charge in [0.1, 0.15) is 21.9 Å². The van der Waals surface area contributed by atoms with E-state index in [-0.39, 0.29) is 5.88 Å². The first-order valence-corrected chi connectivity index (χ1v) is 10.8. The molecule has 0 radical (unpaired) electrons. The van der Waals surface area contributed by atoms with Crippen molar-refractivity contribution in [2.24, 2.45) is 4.99 Å². The molecule has 0 saturated carbocycles. The van der Waals surface area contributed by atoms with Crippen LogP contribution >= 0.6 is 22.7 Å². The smallest absolute Gasteiger partial charge is 0.280 e. The van der Waals surface area contributed by atoms with Crippen LogP contribution in [0, 0.1) is 22.7 Å². The number of thiophene rings is 2. The fraction of sp³-hybridized carbons (Fsp3) is 0.238. The Kier molecular flexibility index (Phi) is 5.06. The average Bonchev–Trinajstić information content (AvgIpc) is 3.48. The van der Waals surface area contributed by atoms with Crippen molar-refractivity contribution in [3.63, 3.8) is 0 Å². The van der Waals surface area contributed by atoms with Crippen LogP contribution < -0.4 is 0 Å². The van der Waals surface area contributed by atoms with Crippen LogP contribution in [0.3, 0.4) is 0 Å². The summed E-state index contributed by atoms with van der Waals surface area (Å²) in [5.41, 5.74) is 1.80. The first-order chi connectivity index (χ1) is 14.1. The van der Waals surface area contributed by atoms with Gasteiger partial charge in [0.15, 0.2) is 0 Å². The summed E-state index contributed by atoms with van der Waals surface area (Å²) < 4.78 is 1.76. The van der Waals surface area contributed by atoms with Crippen molar-refractivity contribution in [1.29, 1.82) is 10.5 Å². The largest absolute Gasteiger partial charge is 0.494 e. The molecule has 1 amide bonds. The fourth-order valence-corrected chi connectivity index (χ4v) is 5.14. The van der Waals surface area contributed by atoms with Gasteiger partial charge >= 0.3 is 0 Å². The second-order valence-corrected chi connectivity index (χ2v) is 8.77. The highest BCUT2D eigenvalue weighted by molar-refractivity contribution is 7.16. The number of carbonyl (C=O) groups is 1. The van der Waals surface area contributed by atoms with Crippen molar-refractivity contribution >= 4 is 34.3 Å². The fourth-order valence-electron chi connectivity index (χ4n) is 3.47. The van der Waals surface area contributed by atoms with Crippen molar-refractivity contribution in [1.82, 2.24) is 4.57 Å². The Morgan fingerprint density at radius 1 is 1.03 bits per heavy atom. The maximum atomic E-state index is 12.9. The molecule has 0 unspecified atom stereocenters. The van der Waals surface area contributed by atoms with E-state index in [1.807, 2.05) is 0 Å². The predicted molar refractivity (Wildman–Crippen MR) is 113 cm³/mol. The Morgan fingerprint density at radius 3 is 2.31 bits per heavy atom. The molecular weight excluding hydrogens is 404 g/mol. The zero-order chi connectivity index (χ0) is 20.5. The van der Waals surface area contributed by atoms with Gasteiger partial charge in [0.05, 0.1) is 32.3 Å². The molecule has 4 rings (SSSR count). The molecule has 1 aliphatic heterocycles. The third-order valence-corrected chi connectivity index (χ3v) is 6.78. The standard InChI is InChI=1S/C21H16N4O2S2/c1-2-3-4-9-25-19(15-8-6-13(11-23)29-15)17-16(21(25)27)18(24-20(17)26)14-7-5-12(10-22)28-14/h5-8,27H,2-4,9H2,1H3. The Bertz CT molecular complexity index is 1230. The lowest BCUT2D eigenvalue weighted by atomic mass is 10.1. The minimum absolute atomic E-state index is 0.00881. The second-order valence-electron chi connectivity index (χ2n) is 6.60. The molecule has 0 fully saturated rings. The van der Waals surface area contributed by atoms with Gasteiger partial charge in [-0.05, 0) is 30.7 Å². The molecule has 0 aromatic carbocycles. The van der Waals surface area contributed by atoms with E-state index in [9.17, 15) is 15.2 Å². The molecule has 8 heteroatoms. The Morgan fingerprint density at radius 2 is 1.69 bits per heavy atom. The SMILES string of the molecule is CCCCCn1c(O)c2c(c1-c1ccc(C#N)s1)C(=O)N=C2c1ccc(C#N)s1. The van der Waals surface area contributed by atoms with E-state index in [0.717, 1.165) is 24.1 Å². The van der Waals surface area contributed by atoms with Crippen molar-refractivity contribution in [2.45, 2.75) is 32.7 Å². The van der Waals surface area contributed by atoms with Crippen LogP contribution in [0.4, 0.5) is 0 Å². The number of nitrogens with zero attached hydrogens (tertiary/aromatic N) is 4.